The predicted octanol–water partition coefficient (Wildman–Crippen LogP) is 4.49. The summed E-state index contributed by atoms with van der Waals surface area (Å²) < 4.78 is 1.18. The molecule has 0 bridgehead atoms. The molecule has 1 aliphatic heterocycles. The van der Waals surface area contributed by atoms with Gasteiger partial charge in [-0.1, -0.05) is 12.1 Å². The number of thiazole rings is 1. The highest BCUT2D eigenvalue weighted by atomic mass is 32.1. The molecule has 124 valence electrons. The maximum absolute atomic E-state index is 11.3. The minimum atomic E-state index is -0.847. The number of para-hydroxylation sites is 1. The summed E-state index contributed by atoms with van der Waals surface area (Å²) in [5.74, 6) is 0. The molecule has 0 unspecified atom stereocenters. The molecule has 3 aromatic rings. The Morgan fingerprint density at radius 3 is 2.96 bits per heavy atom. The Kier molecular flexibility index (Phi) is 3.90. The van der Waals surface area contributed by atoms with Crippen LogP contribution in [0.25, 0.3) is 20.8 Å². The van der Waals surface area contributed by atoms with Crippen molar-refractivity contribution in [1.82, 2.24) is 9.88 Å². The zero-order chi connectivity index (χ0) is 16.7. The van der Waals surface area contributed by atoms with Gasteiger partial charge < -0.3 is 15.3 Å². The van der Waals surface area contributed by atoms with E-state index < -0.39 is 6.09 Å². The van der Waals surface area contributed by atoms with Crippen LogP contribution in [0.2, 0.25) is 0 Å². The molecule has 1 aliphatic rings. The maximum atomic E-state index is 11.3. The average Bonchev–Trinajstić information content (AvgIpc) is 3.14. The number of anilines is 1. The summed E-state index contributed by atoms with van der Waals surface area (Å²) in [6.45, 7) is 3.92. The van der Waals surface area contributed by atoms with Crippen molar-refractivity contribution in [1.29, 1.82) is 0 Å². The summed E-state index contributed by atoms with van der Waals surface area (Å²) in [5, 5.41) is 14.8. The van der Waals surface area contributed by atoms with E-state index in [1.165, 1.54) is 20.7 Å². The minimum absolute atomic E-state index is 0.471. The molecule has 0 spiro atoms. The summed E-state index contributed by atoms with van der Waals surface area (Å²) in [7, 11) is 0. The molecule has 7 heteroatoms. The second-order valence-electron chi connectivity index (χ2n) is 5.68. The van der Waals surface area contributed by atoms with Gasteiger partial charge in [-0.3, -0.25) is 0 Å². The van der Waals surface area contributed by atoms with Crippen molar-refractivity contribution in [2.75, 3.05) is 18.4 Å². The maximum Gasteiger partial charge on any atom is 0.407 e. The lowest BCUT2D eigenvalue weighted by atomic mass is 10.0. The fraction of sp³-hybridized carbons (Fsp3) is 0.294. The van der Waals surface area contributed by atoms with Crippen molar-refractivity contribution in [3.05, 3.63) is 34.7 Å². The summed E-state index contributed by atoms with van der Waals surface area (Å²) in [4.78, 5) is 18.7. The SMILES string of the molecule is CCNc1sc2c(c1-c1nc3ccccc3s1)CCN(C(=O)O)C2. The van der Waals surface area contributed by atoms with Crippen molar-refractivity contribution in [2.45, 2.75) is 19.9 Å². The van der Waals surface area contributed by atoms with Crippen molar-refractivity contribution in [2.24, 2.45) is 0 Å². The van der Waals surface area contributed by atoms with Crippen LogP contribution in [-0.2, 0) is 13.0 Å². The topological polar surface area (TPSA) is 65.5 Å². The molecule has 2 N–H and O–H groups in total. The van der Waals surface area contributed by atoms with Crippen LogP contribution in [0, 0.1) is 0 Å². The first kappa shape index (κ1) is 15.4. The van der Waals surface area contributed by atoms with E-state index in [0.29, 0.717) is 13.1 Å². The van der Waals surface area contributed by atoms with Gasteiger partial charge in [0.1, 0.15) is 5.01 Å². The molecule has 0 aliphatic carbocycles. The van der Waals surface area contributed by atoms with Crippen LogP contribution in [0.3, 0.4) is 0 Å². The van der Waals surface area contributed by atoms with E-state index >= 15 is 0 Å². The van der Waals surface area contributed by atoms with Crippen molar-refractivity contribution in [3.63, 3.8) is 0 Å². The number of hydrogen-bond acceptors (Lipinski definition) is 5. The molecular weight excluding hydrogens is 342 g/mol. The van der Waals surface area contributed by atoms with Gasteiger partial charge in [0.25, 0.3) is 0 Å². The average molecular weight is 359 g/mol. The van der Waals surface area contributed by atoms with Crippen LogP contribution in [0.5, 0.6) is 0 Å². The van der Waals surface area contributed by atoms with E-state index in [2.05, 4.69) is 18.3 Å². The Balaban J connectivity index is 1.83. The Morgan fingerprint density at radius 1 is 1.38 bits per heavy atom. The Morgan fingerprint density at radius 2 is 2.21 bits per heavy atom. The number of fused-ring (bicyclic) bond motifs is 2. The van der Waals surface area contributed by atoms with Gasteiger partial charge in [0.2, 0.25) is 0 Å². The molecule has 2 aromatic heterocycles. The lowest BCUT2D eigenvalue weighted by molar-refractivity contribution is 0.140. The monoisotopic (exact) mass is 359 g/mol. The van der Waals surface area contributed by atoms with Crippen LogP contribution in [0.1, 0.15) is 17.4 Å². The van der Waals surface area contributed by atoms with E-state index in [9.17, 15) is 9.90 Å². The molecule has 1 amide bonds. The molecule has 0 radical (unpaired) electrons. The lowest BCUT2D eigenvalue weighted by Gasteiger charge is -2.24. The van der Waals surface area contributed by atoms with Crippen LogP contribution in [0.15, 0.2) is 24.3 Å². The summed E-state index contributed by atoms with van der Waals surface area (Å²) in [5.41, 5.74) is 3.44. The van der Waals surface area contributed by atoms with E-state index in [-0.39, 0.29) is 0 Å². The van der Waals surface area contributed by atoms with E-state index in [1.54, 1.807) is 22.7 Å². The lowest BCUT2D eigenvalue weighted by Crippen LogP contribution is -2.34. The van der Waals surface area contributed by atoms with Crippen LogP contribution in [0.4, 0.5) is 9.80 Å². The largest absolute Gasteiger partial charge is 0.465 e. The molecular formula is C17H17N3O2S2. The first-order valence-electron chi connectivity index (χ1n) is 7.89. The molecule has 5 nitrogen and oxygen atoms in total. The zero-order valence-corrected chi connectivity index (χ0v) is 14.8. The van der Waals surface area contributed by atoms with E-state index in [1.807, 2.05) is 18.2 Å². The predicted molar refractivity (Wildman–Crippen MR) is 99.2 cm³/mol. The number of aromatic nitrogens is 1. The van der Waals surface area contributed by atoms with Crippen LogP contribution < -0.4 is 5.32 Å². The first-order valence-corrected chi connectivity index (χ1v) is 9.53. The number of nitrogens with one attached hydrogen (secondary N) is 1. The second-order valence-corrected chi connectivity index (χ2v) is 7.81. The highest BCUT2D eigenvalue weighted by Crippen LogP contribution is 2.45. The number of nitrogens with zero attached hydrogens (tertiary/aromatic N) is 2. The third kappa shape index (κ3) is 2.53. The fourth-order valence-corrected chi connectivity index (χ4v) is 5.50. The second kappa shape index (κ2) is 6.07. The zero-order valence-electron chi connectivity index (χ0n) is 13.2. The smallest absolute Gasteiger partial charge is 0.407 e. The van der Waals surface area contributed by atoms with Crippen LogP contribution >= 0.6 is 22.7 Å². The molecule has 0 saturated heterocycles. The summed E-state index contributed by atoms with van der Waals surface area (Å²) >= 11 is 3.36. The Bertz CT molecular complexity index is 883. The quantitative estimate of drug-likeness (QED) is 0.723. The molecule has 1 aromatic carbocycles. The third-order valence-electron chi connectivity index (χ3n) is 4.17. The number of amides is 1. The minimum Gasteiger partial charge on any atom is -0.465 e. The van der Waals surface area contributed by atoms with Gasteiger partial charge in [-0.25, -0.2) is 9.78 Å². The molecule has 0 atom stereocenters. The molecule has 24 heavy (non-hydrogen) atoms. The van der Waals surface area contributed by atoms with E-state index in [0.717, 1.165) is 33.4 Å². The van der Waals surface area contributed by atoms with Crippen molar-refractivity contribution < 1.29 is 9.90 Å². The first-order chi connectivity index (χ1) is 11.7. The molecule has 0 fully saturated rings. The van der Waals surface area contributed by atoms with Gasteiger partial charge in [0, 0.05) is 23.5 Å². The summed E-state index contributed by atoms with van der Waals surface area (Å²) in [6, 6.07) is 8.16. The van der Waals surface area contributed by atoms with Gasteiger partial charge in [-0.2, -0.15) is 0 Å². The number of benzene rings is 1. The van der Waals surface area contributed by atoms with Gasteiger partial charge >= 0.3 is 6.09 Å². The number of hydrogen-bond donors (Lipinski definition) is 2. The number of carbonyl (C=O) groups is 1. The van der Waals surface area contributed by atoms with Gasteiger partial charge in [0.05, 0.1) is 21.8 Å². The van der Waals surface area contributed by atoms with Crippen LogP contribution in [-0.4, -0.2) is 34.2 Å². The molecule has 3 heterocycles. The number of carboxylic acid groups (broad SMARTS) is 1. The molecule has 0 saturated carbocycles. The van der Waals surface area contributed by atoms with E-state index in [4.69, 9.17) is 4.98 Å². The van der Waals surface area contributed by atoms with Crippen molar-refractivity contribution >= 4 is 44.0 Å². The van der Waals surface area contributed by atoms with Gasteiger partial charge in [0.15, 0.2) is 0 Å². The number of rotatable bonds is 3. The van der Waals surface area contributed by atoms with Crippen molar-refractivity contribution in [3.8, 4) is 10.6 Å². The Hall–Kier alpha value is -2.12. The highest BCUT2D eigenvalue weighted by molar-refractivity contribution is 7.22. The molecule has 4 rings (SSSR count). The number of thiophene rings is 1. The fourth-order valence-electron chi connectivity index (χ4n) is 3.06. The highest BCUT2D eigenvalue weighted by Gasteiger charge is 2.28. The third-order valence-corrected chi connectivity index (χ3v) is 6.40. The normalized spacial score (nSPS) is 14.0. The Labute approximate surface area is 147 Å². The standard InChI is InChI=1S/C17H17N3O2S2/c1-2-18-15-14(16-19-11-5-3-4-6-12(11)23-16)10-7-8-20(17(21)22)9-13(10)24-15/h3-6,18H,2,7-9H2,1H3,(H,21,22). The van der Waals surface area contributed by atoms with Gasteiger partial charge in [-0.15, -0.1) is 22.7 Å². The van der Waals surface area contributed by atoms with Gasteiger partial charge in [-0.05, 0) is 31.0 Å². The summed E-state index contributed by atoms with van der Waals surface area (Å²) in [6.07, 6.45) is -0.102.